The topological polar surface area (TPSA) is 105 Å². The van der Waals surface area contributed by atoms with Gasteiger partial charge in [0.15, 0.2) is 5.69 Å². The van der Waals surface area contributed by atoms with Crippen LogP contribution in [-0.4, -0.2) is 86.9 Å². The van der Waals surface area contributed by atoms with Crippen molar-refractivity contribution in [3.05, 3.63) is 97.1 Å². The number of halogens is 3. The molecule has 0 unspecified atom stereocenters. The summed E-state index contributed by atoms with van der Waals surface area (Å²) >= 11 is 16.4. The number of aryl methyl sites for hydroxylation is 1. The van der Waals surface area contributed by atoms with Gasteiger partial charge >= 0.3 is 0 Å². The Hall–Kier alpha value is -4.19. The number of methoxy groups -OCH3 is 1. The lowest BCUT2D eigenvalue weighted by molar-refractivity contribution is -0.146. The predicted molar refractivity (Wildman–Crippen MR) is 184 cm³/mol. The van der Waals surface area contributed by atoms with Crippen LogP contribution in [0.5, 0.6) is 5.75 Å². The zero-order valence-electron chi connectivity index (χ0n) is 26.3. The maximum atomic E-state index is 14.5. The number of ether oxygens (including phenoxy) is 1. The van der Waals surface area contributed by atoms with E-state index in [9.17, 15) is 19.2 Å². The molecule has 1 aliphatic carbocycles. The summed E-state index contributed by atoms with van der Waals surface area (Å²) in [6, 6.07) is 15.7. The molecule has 4 amide bonds. The van der Waals surface area contributed by atoms with Gasteiger partial charge in [0, 0.05) is 47.4 Å². The van der Waals surface area contributed by atoms with Crippen molar-refractivity contribution in [3.63, 3.8) is 0 Å². The molecule has 48 heavy (non-hydrogen) atoms. The van der Waals surface area contributed by atoms with Gasteiger partial charge in [-0.2, -0.15) is 5.10 Å². The molecule has 3 aliphatic rings. The maximum Gasteiger partial charge on any atom is 0.275 e. The standard InChI is InChI=1S/C35H30BrCl2N5O5/c1-35(2)34(47)40(10-12-41-31(44)23-6-4-5-7-24(23)32(41)45)11-13-42(35)33(46)29-25-9-8-19-14-28(48-3)27(36)18-26(19)30(25)43(39-29)22-16-20(37)15-21(38)17-22/h4-7,14-18H,8-13H2,1-3H3. The Labute approximate surface area is 295 Å². The van der Waals surface area contributed by atoms with Crippen molar-refractivity contribution >= 4 is 62.8 Å². The van der Waals surface area contributed by atoms with Gasteiger partial charge in [0.25, 0.3) is 17.7 Å². The summed E-state index contributed by atoms with van der Waals surface area (Å²) < 4.78 is 8.00. The average Bonchev–Trinajstić information content (AvgIpc) is 3.56. The number of hydrogen-bond acceptors (Lipinski definition) is 6. The Kier molecular flexibility index (Phi) is 8.12. The van der Waals surface area contributed by atoms with E-state index in [0.717, 1.165) is 26.9 Å². The lowest BCUT2D eigenvalue weighted by Crippen LogP contribution is -2.65. The SMILES string of the molecule is COc1cc2c(cc1Br)-c1c(c(C(=O)N3CCN(CCN4C(=O)c5ccccc5C4=O)C(=O)C3(C)C)nn1-c1cc(Cl)cc(Cl)c1)CC2. The van der Waals surface area contributed by atoms with Gasteiger partial charge in [0.1, 0.15) is 11.3 Å². The third-order valence-corrected chi connectivity index (χ3v) is 10.4. The number of aromatic nitrogens is 2. The quantitative estimate of drug-likeness (QED) is 0.222. The molecule has 1 fully saturated rings. The average molecular weight is 751 g/mol. The zero-order valence-corrected chi connectivity index (χ0v) is 29.4. The molecule has 0 bridgehead atoms. The van der Waals surface area contributed by atoms with E-state index in [-0.39, 0.29) is 55.5 Å². The number of nitrogens with zero attached hydrogens (tertiary/aromatic N) is 5. The number of hydrogen-bond donors (Lipinski definition) is 0. The minimum Gasteiger partial charge on any atom is -0.496 e. The number of amides is 4. The number of imide groups is 1. The highest BCUT2D eigenvalue weighted by atomic mass is 79.9. The molecule has 13 heteroatoms. The molecule has 7 rings (SSSR count). The Bertz CT molecular complexity index is 2010. The first-order valence-electron chi connectivity index (χ1n) is 15.4. The van der Waals surface area contributed by atoms with E-state index in [1.807, 2.05) is 12.1 Å². The summed E-state index contributed by atoms with van der Waals surface area (Å²) in [5.74, 6) is -0.692. The van der Waals surface area contributed by atoms with Gasteiger partial charge in [-0.1, -0.05) is 35.3 Å². The summed E-state index contributed by atoms with van der Waals surface area (Å²) in [6.07, 6.45) is 1.19. The molecule has 3 heterocycles. The second-order valence-corrected chi connectivity index (χ2v) is 14.2. The van der Waals surface area contributed by atoms with E-state index in [4.69, 9.17) is 33.0 Å². The Morgan fingerprint density at radius 1 is 0.917 bits per heavy atom. The molecule has 0 radical (unpaired) electrons. The molecular weight excluding hydrogens is 721 g/mol. The Morgan fingerprint density at radius 3 is 2.23 bits per heavy atom. The van der Waals surface area contributed by atoms with Crippen LogP contribution < -0.4 is 4.74 Å². The summed E-state index contributed by atoms with van der Waals surface area (Å²) in [4.78, 5) is 58.5. The summed E-state index contributed by atoms with van der Waals surface area (Å²) in [6.45, 7) is 4.11. The highest BCUT2D eigenvalue weighted by Gasteiger charge is 2.46. The van der Waals surface area contributed by atoms with Crippen molar-refractivity contribution in [1.29, 1.82) is 0 Å². The van der Waals surface area contributed by atoms with E-state index in [1.165, 1.54) is 4.90 Å². The fourth-order valence-electron chi connectivity index (χ4n) is 6.89. The van der Waals surface area contributed by atoms with Crippen molar-refractivity contribution in [2.24, 2.45) is 0 Å². The number of benzene rings is 3. The van der Waals surface area contributed by atoms with Crippen LogP contribution in [0.1, 0.15) is 56.2 Å². The minimum atomic E-state index is -1.23. The van der Waals surface area contributed by atoms with Crippen LogP contribution in [0.25, 0.3) is 16.9 Å². The third-order valence-electron chi connectivity index (χ3n) is 9.35. The summed E-state index contributed by atoms with van der Waals surface area (Å²) in [7, 11) is 1.61. The van der Waals surface area contributed by atoms with Crippen molar-refractivity contribution < 1.29 is 23.9 Å². The lowest BCUT2D eigenvalue weighted by atomic mass is 9.88. The molecule has 246 valence electrons. The lowest BCUT2D eigenvalue weighted by Gasteiger charge is -2.46. The second-order valence-electron chi connectivity index (χ2n) is 12.5. The van der Waals surface area contributed by atoms with Crippen LogP contribution in [0.3, 0.4) is 0 Å². The van der Waals surface area contributed by atoms with Crippen molar-refractivity contribution in [3.8, 4) is 22.7 Å². The fraction of sp³-hybridized carbons (Fsp3) is 0.286. The van der Waals surface area contributed by atoms with Gasteiger partial charge in [0.2, 0.25) is 5.91 Å². The third kappa shape index (κ3) is 5.19. The van der Waals surface area contributed by atoms with Crippen LogP contribution >= 0.6 is 39.1 Å². The van der Waals surface area contributed by atoms with Crippen LogP contribution in [0.2, 0.25) is 10.0 Å². The van der Waals surface area contributed by atoms with Crippen LogP contribution in [0, 0.1) is 0 Å². The van der Waals surface area contributed by atoms with Crippen molar-refractivity contribution in [1.82, 2.24) is 24.5 Å². The second kappa shape index (κ2) is 12.0. The van der Waals surface area contributed by atoms with E-state index in [0.29, 0.717) is 45.5 Å². The minimum absolute atomic E-state index is 0.0575. The molecule has 0 N–H and O–H groups in total. The molecule has 3 aromatic carbocycles. The summed E-state index contributed by atoms with van der Waals surface area (Å²) in [5, 5.41) is 5.72. The molecule has 4 aromatic rings. The molecule has 0 saturated carbocycles. The molecule has 2 aliphatic heterocycles. The van der Waals surface area contributed by atoms with Crippen LogP contribution in [0.4, 0.5) is 0 Å². The Balaban J connectivity index is 1.20. The van der Waals surface area contributed by atoms with E-state index in [2.05, 4.69) is 15.9 Å². The predicted octanol–water partition coefficient (Wildman–Crippen LogP) is 6.08. The first-order chi connectivity index (χ1) is 22.9. The highest BCUT2D eigenvalue weighted by molar-refractivity contribution is 9.10. The fourth-order valence-corrected chi connectivity index (χ4v) is 7.91. The van der Waals surface area contributed by atoms with Gasteiger partial charge in [-0.15, -0.1) is 0 Å². The number of carbonyl (C=O) groups is 4. The molecule has 10 nitrogen and oxygen atoms in total. The highest BCUT2D eigenvalue weighted by Crippen LogP contribution is 2.42. The van der Waals surface area contributed by atoms with Gasteiger partial charge < -0.3 is 14.5 Å². The first kappa shape index (κ1) is 32.4. The molecule has 0 atom stereocenters. The van der Waals surface area contributed by atoms with E-state index < -0.39 is 5.54 Å². The zero-order chi connectivity index (χ0) is 34.1. The van der Waals surface area contributed by atoms with Gasteiger partial charge in [0.05, 0.1) is 34.1 Å². The van der Waals surface area contributed by atoms with Gasteiger partial charge in [-0.25, -0.2) is 4.68 Å². The van der Waals surface area contributed by atoms with Crippen molar-refractivity contribution in [2.75, 3.05) is 33.3 Å². The largest absolute Gasteiger partial charge is 0.496 e. The van der Waals surface area contributed by atoms with Gasteiger partial charge in [-0.05, 0) is 90.6 Å². The number of carbonyl (C=O) groups excluding carboxylic acids is 4. The number of piperazine rings is 1. The van der Waals surface area contributed by atoms with Gasteiger partial charge in [-0.3, -0.25) is 24.1 Å². The molecule has 0 spiro atoms. The molecule has 1 aromatic heterocycles. The van der Waals surface area contributed by atoms with E-state index >= 15 is 0 Å². The molecule has 1 saturated heterocycles. The Morgan fingerprint density at radius 2 is 1.58 bits per heavy atom. The summed E-state index contributed by atoms with van der Waals surface area (Å²) in [5.41, 5.74) is 3.77. The normalized spacial score (nSPS) is 16.6. The monoisotopic (exact) mass is 749 g/mol. The smallest absolute Gasteiger partial charge is 0.275 e. The van der Waals surface area contributed by atoms with Crippen LogP contribution in [-0.2, 0) is 17.6 Å². The number of rotatable bonds is 6. The maximum absolute atomic E-state index is 14.5. The van der Waals surface area contributed by atoms with Crippen molar-refractivity contribution in [2.45, 2.75) is 32.2 Å². The van der Waals surface area contributed by atoms with E-state index in [1.54, 1.807) is 77.9 Å². The number of fused-ring (bicyclic) bond motifs is 4. The first-order valence-corrected chi connectivity index (χ1v) is 17.0. The van der Waals surface area contributed by atoms with Crippen LogP contribution in [0.15, 0.2) is 59.1 Å². The molecular formula is C35H30BrCl2N5O5.